The molecule has 3 aromatic rings. The number of benzene rings is 1. The molecule has 0 saturated carbocycles. The molecule has 0 amide bonds. The largest absolute Gasteiger partial charge is 0.471 e. The Kier molecular flexibility index (Phi) is 5.07. The lowest BCUT2D eigenvalue weighted by Gasteiger charge is -2.06. The molecular formula is C15H14F3N5OS. The zero-order chi connectivity index (χ0) is 17.9. The van der Waals surface area contributed by atoms with Crippen molar-refractivity contribution in [1.29, 1.82) is 0 Å². The van der Waals surface area contributed by atoms with Gasteiger partial charge in [-0.25, -0.2) is 9.67 Å². The molecule has 25 heavy (non-hydrogen) atoms. The molecule has 0 aliphatic rings. The maximum Gasteiger partial charge on any atom is 0.471 e. The maximum absolute atomic E-state index is 12.5. The first-order chi connectivity index (χ1) is 12.0. The van der Waals surface area contributed by atoms with Gasteiger partial charge in [0.05, 0.1) is 6.54 Å². The second-order valence-electron chi connectivity index (χ2n) is 5.17. The molecule has 0 aliphatic carbocycles. The predicted molar refractivity (Wildman–Crippen MR) is 84.9 cm³/mol. The molecule has 0 atom stereocenters. The number of rotatable bonds is 6. The highest BCUT2D eigenvalue weighted by atomic mass is 32.2. The van der Waals surface area contributed by atoms with E-state index in [2.05, 4.69) is 31.7 Å². The van der Waals surface area contributed by atoms with Crippen molar-refractivity contribution in [3.05, 3.63) is 42.0 Å². The van der Waals surface area contributed by atoms with Crippen molar-refractivity contribution in [3.63, 3.8) is 0 Å². The van der Waals surface area contributed by atoms with Crippen molar-refractivity contribution < 1.29 is 17.7 Å². The van der Waals surface area contributed by atoms with E-state index in [0.717, 1.165) is 22.9 Å². The number of alkyl halides is 3. The molecule has 0 spiro atoms. The molecule has 10 heteroatoms. The van der Waals surface area contributed by atoms with E-state index in [-0.39, 0.29) is 5.82 Å². The third-order valence-corrected chi connectivity index (χ3v) is 4.42. The summed E-state index contributed by atoms with van der Waals surface area (Å²) in [6.45, 7) is 2.61. The number of hydrogen-bond donors (Lipinski definition) is 0. The zero-order valence-corrected chi connectivity index (χ0v) is 14.0. The minimum absolute atomic E-state index is 0.0983. The summed E-state index contributed by atoms with van der Waals surface area (Å²) in [6.07, 6.45) is -2.11. The third-order valence-electron chi connectivity index (χ3n) is 3.23. The highest BCUT2D eigenvalue weighted by Gasteiger charge is 2.38. The molecule has 132 valence electrons. The van der Waals surface area contributed by atoms with E-state index in [1.54, 1.807) is 40.7 Å². The van der Waals surface area contributed by atoms with Crippen LogP contribution in [0.25, 0.3) is 11.4 Å². The molecule has 0 radical (unpaired) electrons. The quantitative estimate of drug-likeness (QED) is 0.614. The Morgan fingerprint density at radius 3 is 2.60 bits per heavy atom. The van der Waals surface area contributed by atoms with Crippen LogP contribution < -0.4 is 0 Å². The Bertz CT molecular complexity index is 828. The Morgan fingerprint density at radius 2 is 1.96 bits per heavy atom. The molecule has 0 fully saturated rings. The average molecular weight is 369 g/mol. The van der Waals surface area contributed by atoms with Crippen LogP contribution in [-0.2, 0) is 12.7 Å². The first-order valence-corrected chi connectivity index (χ1v) is 8.46. The number of nitrogens with zero attached hydrogens (tertiary/aromatic N) is 5. The minimum Gasteiger partial charge on any atom is -0.329 e. The van der Waals surface area contributed by atoms with Crippen LogP contribution in [0.3, 0.4) is 0 Å². The highest BCUT2D eigenvalue weighted by molar-refractivity contribution is 7.99. The van der Waals surface area contributed by atoms with Crippen molar-refractivity contribution in [2.24, 2.45) is 0 Å². The fourth-order valence-electron chi connectivity index (χ4n) is 2.06. The van der Waals surface area contributed by atoms with Gasteiger partial charge in [0.1, 0.15) is 6.33 Å². The summed E-state index contributed by atoms with van der Waals surface area (Å²) in [5.41, 5.74) is 1.38. The van der Waals surface area contributed by atoms with E-state index >= 15 is 0 Å². The lowest BCUT2D eigenvalue weighted by atomic mass is 10.1. The lowest BCUT2D eigenvalue weighted by Crippen LogP contribution is -2.05. The molecule has 0 aliphatic heterocycles. The van der Waals surface area contributed by atoms with Gasteiger partial charge in [-0.1, -0.05) is 48.1 Å². The van der Waals surface area contributed by atoms with Crippen LogP contribution in [-0.4, -0.2) is 30.7 Å². The maximum atomic E-state index is 12.5. The molecule has 0 saturated heterocycles. The topological polar surface area (TPSA) is 69.6 Å². The van der Waals surface area contributed by atoms with Crippen LogP contribution in [0.2, 0.25) is 0 Å². The van der Waals surface area contributed by atoms with E-state index in [1.807, 2.05) is 0 Å². The van der Waals surface area contributed by atoms with Gasteiger partial charge in [0, 0.05) is 11.3 Å². The Balaban J connectivity index is 1.72. The highest BCUT2D eigenvalue weighted by Crippen LogP contribution is 2.29. The average Bonchev–Trinajstić information content (AvgIpc) is 3.23. The van der Waals surface area contributed by atoms with E-state index in [1.165, 1.54) is 6.33 Å². The van der Waals surface area contributed by atoms with Gasteiger partial charge in [-0.3, -0.25) is 0 Å². The molecule has 6 nitrogen and oxygen atoms in total. The zero-order valence-electron chi connectivity index (χ0n) is 13.2. The third kappa shape index (κ3) is 4.19. The molecule has 1 aromatic carbocycles. The number of aromatic nitrogens is 5. The van der Waals surface area contributed by atoms with Crippen LogP contribution >= 0.6 is 11.8 Å². The Labute approximate surface area is 145 Å². The van der Waals surface area contributed by atoms with E-state index in [4.69, 9.17) is 0 Å². The summed E-state index contributed by atoms with van der Waals surface area (Å²) < 4.78 is 43.5. The van der Waals surface area contributed by atoms with Gasteiger partial charge >= 0.3 is 12.1 Å². The standard InChI is InChI=1S/C15H14F3N5OS/c1-2-7-25-14-19-9-20-23(14)8-10-3-5-11(6-4-10)12-21-13(24-22-12)15(16,17)18/h3-6,9H,2,7-8H2,1H3. The smallest absolute Gasteiger partial charge is 0.329 e. The van der Waals surface area contributed by atoms with Crippen LogP contribution in [0.5, 0.6) is 0 Å². The predicted octanol–water partition coefficient (Wildman–Crippen LogP) is 3.90. The van der Waals surface area contributed by atoms with Gasteiger partial charge in [0.15, 0.2) is 5.16 Å². The molecule has 0 bridgehead atoms. The van der Waals surface area contributed by atoms with E-state index < -0.39 is 12.1 Å². The Hall–Kier alpha value is -2.36. The van der Waals surface area contributed by atoms with Gasteiger partial charge in [-0.05, 0) is 12.0 Å². The number of thioether (sulfide) groups is 1. The summed E-state index contributed by atoms with van der Waals surface area (Å²) >= 11 is 1.63. The fourth-order valence-corrected chi connectivity index (χ4v) is 2.82. The second kappa shape index (κ2) is 7.26. The summed E-state index contributed by atoms with van der Waals surface area (Å²) in [5, 5.41) is 8.40. The second-order valence-corrected chi connectivity index (χ2v) is 6.23. The first kappa shape index (κ1) is 17.5. The van der Waals surface area contributed by atoms with Crippen molar-refractivity contribution in [1.82, 2.24) is 24.9 Å². The SMILES string of the molecule is CCCSc1ncnn1Cc1ccc(-c2noc(C(F)(F)F)n2)cc1. The number of hydrogen-bond acceptors (Lipinski definition) is 6. The van der Waals surface area contributed by atoms with Crippen LogP contribution in [0.1, 0.15) is 24.8 Å². The Morgan fingerprint density at radius 1 is 1.20 bits per heavy atom. The number of halogens is 3. The molecular weight excluding hydrogens is 355 g/mol. The monoisotopic (exact) mass is 369 g/mol. The van der Waals surface area contributed by atoms with Gasteiger partial charge in [-0.2, -0.15) is 23.3 Å². The van der Waals surface area contributed by atoms with Crippen molar-refractivity contribution in [2.75, 3.05) is 5.75 Å². The van der Waals surface area contributed by atoms with Gasteiger partial charge in [0.25, 0.3) is 0 Å². The van der Waals surface area contributed by atoms with Crippen molar-refractivity contribution >= 4 is 11.8 Å². The van der Waals surface area contributed by atoms with E-state index in [0.29, 0.717) is 12.1 Å². The molecule has 0 N–H and O–H groups in total. The summed E-state index contributed by atoms with van der Waals surface area (Å²) in [4.78, 5) is 7.59. The lowest BCUT2D eigenvalue weighted by molar-refractivity contribution is -0.159. The van der Waals surface area contributed by atoms with Crippen molar-refractivity contribution in [3.8, 4) is 11.4 Å². The van der Waals surface area contributed by atoms with Crippen LogP contribution in [0, 0.1) is 0 Å². The van der Waals surface area contributed by atoms with E-state index in [9.17, 15) is 13.2 Å². The summed E-state index contributed by atoms with van der Waals surface area (Å²) in [6, 6.07) is 6.87. The van der Waals surface area contributed by atoms with Gasteiger partial charge in [-0.15, -0.1) is 0 Å². The minimum atomic E-state index is -4.65. The van der Waals surface area contributed by atoms with Crippen molar-refractivity contribution in [2.45, 2.75) is 31.2 Å². The van der Waals surface area contributed by atoms with Gasteiger partial charge in [0.2, 0.25) is 5.82 Å². The fraction of sp³-hybridized carbons (Fsp3) is 0.333. The van der Waals surface area contributed by atoms with Crippen LogP contribution in [0.4, 0.5) is 13.2 Å². The summed E-state index contributed by atoms with van der Waals surface area (Å²) in [7, 11) is 0. The first-order valence-electron chi connectivity index (χ1n) is 7.48. The molecule has 0 unspecified atom stereocenters. The van der Waals surface area contributed by atoms with Gasteiger partial charge < -0.3 is 4.52 Å². The molecule has 2 aromatic heterocycles. The van der Waals surface area contributed by atoms with Crippen LogP contribution in [0.15, 0.2) is 40.3 Å². The normalized spacial score (nSPS) is 11.8. The molecule has 3 rings (SSSR count). The molecule has 2 heterocycles. The summed E-state index contributed by atoms with van der Waals surface area (Å²) in [5.74, 6) is -0.498.